The smallest absolute Gasteiger partial charge is 0.354 e. The summed E-state index contributed by atoms with van der Waals surface area (Å²) < 4.78 is 4.64. The highest BCUT2D eigenvalue weighted by atomic mass is 16.5. The summed E-state index contributed by atoms with van der Waals surface area (Å²) >= 11 is 0. The summed E-state index contributed by atoms with van der Waals surface area (Å²) in [5.74, 6) is -0.333. The lowest BCUT2D eigenvalue weighted by molar-refractivity contribution is 0.0595. The third-order valence-corrected chi connectivity index (χ3v) is 2.29. The fraction of sp³-hybridized carbons (Fsp3) is 0.182. The van der Waals surface area contributed by atoms with E-state index in [-0.39, 0.29) is 5.97 Å². The normalized spacial score (nSPS) is 10.4. The van der Waals surface area contributed by atoms with Crippen LogP contribution in [-0.4, -0.2) is 18.1 Å². The molecule has 14 heavy (non-hydrogen) atoms. The van der Waals surface area contributed by atoms with E-state index in [1.54, 1.807) is 0 Å². The molecule has 0 spiro atoms. The summed E-state index contributed by atoms with van der Waals surface area (Å²) in [6, 6.07) is 7.72. The molecule has 3 nitrogen and oxygen atoms in total. The maximum Gasteiger partial charge on any atom is 0.354 e. The standard InChI is InChI=1S/C11H11NO2/c1-7-4-3-5-9-8(7)6-10(12-9)11(13)14-2/h3-6,12H,1-2H3. The average Bonchev–Trinajstić information content (AvgIpc) is 2.62. The molecule has 3 heteroatoms. The second-order valence-electron chi connectivity index (χ2n) is 3.21. The number of aryl methyl sites for hydroxylation is 1. The molecule has 0 aliphatic carbocycles. The van der Waals surface area contributed by atoms with Crippen molar-refractivity contribution in [2.45, 2.75) is 6.92 Å². The molecule has 0 amide bonds. The number of H-pyrrole nitrogens is 1. The molecule has 0 fully saturated rings. The highest BCUT2D eigenvalue weighted by Gasteiger charge is 2.09. The fourth-order valence-electron chi connectivity index (χ4n) is 1.53. The summed E-state index contributed by atoms with van der Waals surface area (Å²) in [5.41, 5.74) is 2.61. The molecule has 2 aromatic rings. The quantitative estimate of drug-likeness (QED) is 0.699. The van der Waals surface area contributed by atoms with Gasteiger partial charge in [0.2, 0.25) is 0 Å². The number of benzene rings is 1. The summed E-state index contributed by atoms with van der Waals surface area (Å²) in [6.07, 6.45) is 0. The van der Waals surface area contributed by atoms with E-state index >= 15 is 0 Å². The first kappa shape index (κ1) is 8.81. The Morgan fingerprint density at radius 1 is 1.43 bits per heavy atom. The van der Waals surface area contributed by atoms with Crippen LogP contribution in [0.1, 0.15) is 16.1 Å². The van der Waals surface area contributed by atoms with Crippen molar-refractivity contribution in [3.8, 4) is 0 Å². The Labute approximate surface area is 81.7 Å². The van der Waals surface area contributed by atoms with Crippen molar-refractivity contribution in [3.63, 3.8) is 0 Å². The van der Waals surface area contributed by atoms with Gasteiger partial charge in [0.1, 0.15) is 5.69 Å². The summed E-state index contributed by atoms with van der Waals surface area (Å²) in [4.78, 5) is 14.3. The minimum Gasteiger partial charge on any atom is -0.464 e. The van der Waals surface area contributed by atoms with Crippen LogP contribution in [0.5, 0.6) is 0 Å². The third kappa shape index (κ3) is 1.27. The molecule has 1 aromatic heterocycles. The zero-order chi connectivity index (χ0) is 10.1. The lowest BCUT2D eigenvalue weighted by Gasteiger charge is -1.92. The zero-order valence-electron chi connectivity index (χ0n) is 8.13. The van der Waals surface area contributed by atoms with Gasteiger partial charge in [-0.2, -0.15) is 0 Å². The van der Waals surface area contributed by atoms with Crippen molar-refractivity contribution in [2.75, 3.05) is 7.11 Å². The molecule has 0 radical (unpaired) electrons. The minimum absolute atomic E-state index is 0.333. The molecular weight excluding hydrogens is 178 g/mol. The van der Waals surface area contributed by atoms with Crippen LogP contribution in [-0.2, 0) is 4.74 Å². The molecule has 0 atom stereocenters. The van der Waals surface area contributed by atoms with Gasteiger partial charge in [-0.1, -0.05) is 12.1 Å². The summed E-state index contributed by atoms with van der Waals surface area (Å²) in [7, 11) is 1.38. The molecule has 2 rings (SSSR count). The van der Waals surface area contributed by atoms with E-state index in [0.29, 0.717) is 5.69 Å². The molecule has 0 aliphatic heterocycles. The van der Waals surface area contributed by atoms with Gasteiger partial charge in [-0.05, 0) is 24.6 Å². The molecule has 0 saturated heterocycles. The predicted octanol–water partition coefficient (Wildman–Crippen LogP) is 2.26. The number of fused-ring (bicyclic) bond motifs is 1. The van der Waals surface area contributed by atoms with Crippen LogP contribution in [0, 0.1) is 6.92 Å². The number of ether oxygens (including phenoxy) is 1. The number of nitrogens with one attached hydrogen (secondary N) is 1. The first-order valence-corrected chi connectivity index (χ1v) is 4.39. The number of rotatable bonds is 1. The molecule has 72 valence electrons. The van der Waals surface area contributed by atoms with E-state index < -0.39 is 0 Å². The van der Waals surface area contributed by atoms with Crippen LogP contribution < -0.4 is 0 Å². The first-order chi connectivity index (χ1) is 6.72. The Morgan fingerprint density at radius 3 is 2.86 bits per heavy atom. The van der Waals surface area contributed by atoms with Crippen molar-refractivity contribution in [2.24, 2.45) is 0 Å². The van der Waals surface area contributed by atoms with Gasteiger partial charge in [-0.3, -0.25) is 0 Å². The lowest BCUT2D eigenvalue weighted by Crippen LogP contribution is -2.00. The molecule has 1 N–H and O–H groups in total. The van der Waals surface area contributed by atoms with Crippen LogP contribution in [0.4, 0.5) is 0 Å². The largest absolute Gasteiger partial charge is 0.464 e. The van der Waals surface area contributed by atoms with Crippen LogP contribution >= 0.6 is 0 Å². The van der Waals surface area contributed by atoms with Crippen LogP contribution in [0.15, 0.2) is 24.3 Å². The molecule has 0 saturated carbocycles. The fourth-order valence-corrected chi connectivity index (χ4v) is 1.53. The molecular formula is C11H11NO2. The van der Waals surface area contributed by atoms with Gasteiger partial charge < -0.3 is 9.72 Å². The number of hydrogen-bond acceptors (Lipinski definition) is 2. The van der Waals surface area contributed by atoms with E-state index in [2.05, 4.69) is 9.72 Å². The van der Waals surface area contributed by atoms with Crippen LogP contribution in [0.25, 0.3) is 10.9 Å². The van der Waals surface area contributed by atoms with E-state index in [0.717, 1.165) is 16.5 Å². The summed E-state index contributed by atoms with van der Waals surface area (Å²) in [5, 5.41) is 1.06. The van der Waals surface area contributed by atoms with Crippen LogP contribution in [0.3, 0.4) is 0 Å². The number of aromatic amines is 1. The molecule has 0 aliphatic rings. The number of hydrogen-bond donors (Lipinski definition) is 1. The highest BCUT2D eigenvalue weighted by molar-refractivity contribution is 5.95. The summed E-state index contributed by atoms with van der Waals surface area (Å²) in [6.45, 7) is 2.01. The predicted molar refractivity (Wildman–Crippen MR) is 54.4 cm³/mol. The Balaban J connectivity index is 2.62. The second-order valence-corrected chi connectivity index (χ2v) is 3.21. The van der Waals surface area contributed by atoms with E-state index in [1.165, 1.54) is 7.11 Å². The SMILES string of the molecule is COC(=O)c1cc2c(C)cccc2[nH]1. The van der Waals surface area contributed by atoms with Gasteiger partial charge in [0, 0.05) is 10.9 Å². The van der Waals surface area contributed by atoms with Gasteiger partial charge in [-0.25, -0.2) is 4.79 Å². The number of esters is 1. The number of carbonyl (C=O) groups is 1. The van der Waals surface area contributed by atoms with E-state index in [9.17, 15) is 4.79 Å². The number of carbonyl (C=O) groups excluding carboxylic acids is 1. The monoisotopic (exact) mass is 189 g/mol. The highest BCUT2D eigenvalue weighted by Crippen LogP contribution is 2.19. The Bertz CT molecular complexity index is 485. The molecule has 0 unspecified atom stereocenters. The van der Waals surface area contributed by atoms with E-state index in [1.807, 2.05) is 31.2 Å². The van der Waals surface area contributed by atoms with Crippen LogP contribution in [0.2, 0.25) is 0 Å². The van der Waals surface area contributed by atoms with Gasteiger partial charge in [-0.15, -0.1) is 0 Å². The van der Waals surface area contributed by atoms with Gasteiger partial charge in [0.25, 0.3) is 0 Å². The van der Waals surface area contributed by atoms with Crippen molar-refractivity contribution in [1.29, 1.82) is 0 Å². The number of methoxy groups -OCH3 is 1. The first-order valence-electron chi connectivity index (χ1n) is 4.39. The van der Waals surface area contributed by atoms with Crippen molar-refractivity contribution >= 4 is 16.9 Å². The van der Waals surface area contributed by atoms with Gasteiger partial charge in [0.15, 0.2) is 0 Å². The number of aromatic nitrogens is 1. The zero-order valence-corrected chi connectivity index (χ0v) is 8.13. The van der Waals surface area contributed by atoms with Gasteiger partial charge in [0.05, 0.1) is 7.11 Å². The average molecular weight is 189 g/mol. The van der Waals surface area contributed by atoms with E-state index in [4.69, 9.17) is 0 Å². The topological polar surface area (TPSA) is 42.1 Å². The van der Waals surface area contributed by atoms with Crippen molar-refractivity contribution in [3.05, 3.63) is 35.5 Å². The van der Waals surface area contributed by atoms with Gasteiger partial charge >= 0.3 is 5.97 Å². The van der Waals surface area contributed by atoms with Crippen molar-refractivity contribution in [1.82, 2.24) is 4.98 Å². The Hall–Kier alpha value is -1.77. The maximum atomic E-state index is 11.2. The molecule has 0 bridgehead atoms. The molecule has 1 aromatic carbocycles. The Kier molecular flexibility index (Phi) is 2.00. The van der Waals surface area contributed by atoms with Crippen molar-refractivity contribution < 1.29 is 9.53 Å². The third-order valence-electron chi connectivity index (χ3n) is 2.29. The minimum atomic E-state index is -0.333. The molecule has 1 heterocycles. The second kappa shape index (κ2) is 3.18. The maximum absolute atomic E-state index is 11.2. The lowest BCUT2D eigenvalue weighted by atomic mass is 10.1. The Morgan fingerprint density at radius 2 is 2.21 bits per heavy atom.